The van der Waals surface area contributed by atoms with Crippen LogP contribution in [0.1, 0.15) is 26.7 Å². The molecule has 0 aliphatic rings. The van der Waals surface area contributed by atoms with E-state index < -0.39 is 61.1 Å². The van der Waals surface area contributed by atoms with Crippen LogP contribution in [0.15, 0.2) is 0 Å². The number of nitrogens with one attached hydrogen (secondary N) is 3. The molecule has 0 saturated heterocycles. The van der Waals surface area contributed by atoms with Gasteiger partial charge in [-0.05, 0) is 30.8 Å². The molecule has 0 spiro atoms. The first kappa shape index (κ1) is 27.1. The number of nitrogens with two attached hydrogens (primary N) is 1. The summed E-state index contributed by atoms with van der Waals surface area (Å²) >= 11 is 1.54. The van der Waals surface area contributed by atoms with Gasteiger partial charge in [0.25, 0.3) is 0 Å². The van der Waals surface area contributed by atoms with Crippen molar-refractivity contribution in [3.05, 3.63) is 0 Å². The zero-order valence-corrected chi connectivity index (χ0v) is 17.7. The number of hydrogen-bond donors (Lipinski definition) is 7. The van der Waals surface area contributed by atoms with Crippen LogP contribution >= 0.6 is 11.8 Å². The molecule has 0 saturated carbocycles. The van der Waals surface area contributed by atoms with Crippen LogP contribution in [0.4, 0.5) is 0 Å². The summed E-state index contributed by atoms with van der Waals surface area (Å²) in [6, 6.07) is -4.80. The first-order valence-electron chi connectivity index (χ1n) is 9.17. The number of carboxylic acid groups (broad SMARTS) is 1. The summed E-state index contributed by atoms with van der Waals surface area (Å²) in [6.07, 6.45) is 2.58. The fourth-order valence-corrected chi connectivity index (χ4v) is 2.77. The van der Waals surface area contributed by atoms with Crippen molar-refractivity contribution in [1.29, 1.82) is 0 Å². The van der Waals surface area contributed by atoms with E-state index in [2.05, 4.69) is 10.6 Å². The minimum Gasteiger partial charge on any atom is -0.480 e. The number of carbonyl (C=O) groups excluding carboxylic acids is 3. The topological polar surface area (TPSA) is 191 Å². The van der Waals surface area contributed by atoms with Gasteiger partial charge in [0, 0.05) is 0 Å². The van der Waals surface area contributed by atoms with Crippen molar-refractivity contribution in [2.24, 2.45) is 11.7 Å². The van der Waals surface area contributed by atoms with Crippen LogP contribution in [-0.2, 0) is 19.2 Å². The van der Waals surface area contributed by atoms with Crippen LogP contribution in [0.2, 0.25) is 0 Å². The van der Waals surface area contributed by atoms with Crippen molar-refractivity contribution in [2.75, 3.05) is 25.2 Å². The zero-order chi connectivity index (χ0) is 22.6. The molecule has 0 heterocycles. The highest BCUT2D eigenvalue weighted by atomic mass is 32.2. The molecule has 0 aliphatic heterocycles. The van der Waals surface area contributed by atoms with E-state index in [1.54, 1.807) is 0 Å². The van der Waals surface area contributed by atoms with Crippen LogP contribution in [0.3, 0.4) is 0 Å². The van der Waals surface area contributed by atoms with E-state index in [0.717, 1.165) is 0 Å². The molecule has 0 bridgehead atoms. The van der Waals surface area contributed by atoms with Gasteiger partial charge in [0.2, 0.25) is 17.7 Å². The summed E-state index contributed by atoms with van der Waals surface area (Å²) in [6.45, 7) is 2.03. The summed E-state index contributed by atoms with van der Waals surface area (Å²) in [5, 5.41) is 34.1. The van der Waals surface area contributed by atoms with Gasteiger partial charge in [0.1, 0.15) is 18.1 Å². The summed E-state index contributed by atoms with van der Waals surface area (Å²) in [7, 11) is 0. The molecule has 4 atom stereocenters. The van der Waals surface area contributed by atoms with Gasteiger partial charge < -0.3 is 37.0 Å². The second kappa shape index (κ2) is 14.1. The van der Waals surface area contributed by atoms with Gasteiger partial charge >= 0.3 is 5.97 Å². The largest absolute Gasteiger partial charge is 0.480 e. The van der Waals surface area contributed by atoms with Gasteiger partial charge in [-0.25, -0.2) is 4.79 Å². The molecule has 3 amide bonds. The van der Waals surface area contributed by atoms with Crippen molar-refractivity contribution < 1.29 is 34.5 Å². The molecule has 12 heteroatoms. The van der Waals surface area contributed by atoms with Gasteiger partial charge in [0.15, 0.2) is 0 Å². The third kappa shape index (κ3) is 10.5. The molecule has 11 nitrogen and oxygen atoms in total. The third-order valence-electron chi connectivity index (χ3n) is 3.92. The standard InChI is InChI=1S/C17H32N4O7S/c1-9(2)6-11(19-14(24)10(18)4-5-29-3)15(25)20-12(7-22)16(26)21-13(8-23)17(27)28/h9-13,22-23H,4-8,18H2,1-3H3,(H,19,24)(H,20,25)(H,21,26)(H,27,28)/t10-,11-,12-,13-/m0/s1. The van der Waals surface area contributed by atoms with E-state index in [-0.39, 0.29) is 12.3 Å². The predicted molar refractivity (Wildman–Crippen MR) is 108 cm³/mol. The molecular formula is C17H32N4O7S. The fraction of sp³-hybridized carbons (Fsp3) is 0.765. The Balaban J connectivity index is 5.10. The molecule has 29 heavy (non-hydrogen) atoms. The number of aliphatic carboxylic acids is 1. The minimum atomic E-state index is -1.57. The number of carbonyl (C=O) groups is 4. The summed E-state index contributed by atoms with van der Waals surface area (Å²) in [5.74, 6) is -2.95. The van der Waals surface area contributed by atoms with Gasteiger partial charge in [-0.3, -0.25) is 14.4 Å². The summed E-state index contributed by atoms with van der Waals surface area (Å²) in [5.41, 5.74) is 5.82. The van der Waals surface area contributed by atoms with E-state index in [0.29, 0.717) is 12.2 Å². The maximum Gasteiger partial charge on any atom is 0.328 e. The van der Waals surface area contributed by atoms with E-state index in [1.165, 1.54) is 11.8 Å². The van der Waals surface area contributed by atoms with Crippen molar-refractivity contribution >= 4 is 35.5 Å². The zero-order valence-electron chi connectivity index (χ0n) is 16.9. The first-order chi connectivity index (χ1) is 13.6. The van der Waals surface area contributed by atoms with Gasteiger partial charge in [0.05, 0.1) is 19.3 Å². The molecule has 0 radical (unpaired) electrons. The number of rotatable bonds is 14. The SMILES string of the molecule is CSCC[C@H](N)C(=O)N[C@@H](CC(C)C)C(=O)N[C@@H](CO)C(=O)N[C@@H](CO)C(=O)O. The lowest BCUT2D eigenvalue weighted by Gasteiger charge is -2.25. The first-order valence-corrected chi connectivity index (χ1v) is 10.6. The maximum atomic E-state index is 12.6. The lowest BCUT2D eigenvalue weighted by Crippen LogP contribution is -2.58. The van der Waals surface area contributed by atoms with Crippen LogP contribution in [0.25, 0.3) is 0 Å². The molecule has 0 aliphatic carbocycles. The average Bonchev–Trinajstić information content (AvgIpc) is 2.66. The van der Waals surface area contributed by atoms with Crippen molar-refractivity contribution in [2.45, 2.75) is 50.9 Å². The average molecular weight is 437 g/mol. The Morgan fingerprint density at radius 3 is 1.83 bits per heavy atom. The van der Waals surface area contributed by atoms with Gasteiger partial charge in [-0.15, -0.1) is 0 Å². The maximum absolute atomic E-state index is 12.6. The monoisotopic (exact) mass is 436 g/mol. The van der Waals surface area contributed by atoms with E-state index in [1.807, 2.05) is 25.4 Å². The molecule has 168 valence electrons. The normalized spacial score (nSPS) is 15.1. The van der Waals surface area contributed by atoms with Gasteiger partial charge in [-0.1, -0.05) is 13.8 Å². The predicted octanol–water partition coefficient (Wildman–Crippen LogP) is -2.36. The molecule has 0 aromatic heterocycles. The highest BCUT2D eigenvalue weighted by molar-refractivity contribution is 7.98. The Bertz CT molecular complexity index is 562. The lowest BCUT2D eigenvalue weighted by atomic mass is 10.0. The smallest absolute Gasteiger partial charge is 0.328 e. The van der Waals surface area contributed by atoms with Crippen LogP contribution in [0.5, 0.6) is 0 Å². The quantitative estimate of drug-likeness (QED) is 0.156. The number of aliphatic hydroxyl groups is 2. The number of amides is 3. The lowest BCUT2D eigenvalue weighted by molar-refractivity contribution is -0.143. The van der Waals surface area contributed by atoms with Crippen molar-refractivity contribution in [3.8, 4) is 0 Å². The van der Waals surface area contributed by atoms with Crippen molar-refractivity contribution in [1.82, 2.24) is 16.0 Å². The summed E-state index contributed by atoms with van der Waals surface area (Å²) < 4.78 is 0. The van der Waals surface area contributed by atoms with Crippen LogP contribution < -0.4 is 21.7 Å². The summed E-state index contributed by atoms with van der Waals surface area (Å²) in [4.78, 5) is 47.8. The van der Waals surface area contributed by atoms with Crippen LogP contribution in [-0.4, -0.2) is 88.4 Å². The number of hydrogen-bond acceptors (Lipinski definition) is 8. The van der Waals surface area contributed by atoms with Crippen molar-refractivity contribution in [3.63, 3.8) is 0 Å². The molecule has 0 rings (SSSR count). The molecular weight excluding hydrogens is 404 g/mol. The van der Waals surface area contributed by atoms with E-state index in [4.69, 9.17) is 15.9 Å². The van der Waals surface area contributed by atoms with Crippen LogP contribution in [0, 0.1) is 5.92 Å². The second-order valence-corrected chi connectivity index (χ2v) is 7.89. The molecule has 0 aromatic carbocycles. The fourth-order valence-electron chi connectivity index (χ4n) is 2.28. The Labute approximate surface area is 174 Å². The molecule has 8 N–H and O–H groups in total. The van der Waals surface area contributed by atoms with E-state index >= 15 is 0 Å². The van der Waals surface area contributed by atoms with E-state index in [9.17, 15) is 24.3 Å². The molecule has 0 unspecified atom stereocenters. The Kier molecular flexibility index (Phi) is 13.2. The highest BCUT2D eigenvalue weighted by Crippen LogP contribution is 2.07. The van der Waals surface area contributed by atoms with Gasteiger partial charge in [-0.2, -0.15) is 11.8 Å². The second-order valence-electron chi connectivity index (χ2n) is 6.90. The Morgan fingerprint density at radius 2 is 1.38 bits per heavy atom. The third-order valence-corrected chi connectivity index (χ3v) is 4.57. The number of carboxylic acids is 1. The Morgan fingerprint density at radius 1 is 0.897 bits per heavy atom. The highest BCUT2D eigenvalue weighted by Gasteiger charge is 2.30. The molecule has 0 aromatic rings. The molecule has 0 fully saturated rings. The minimum absolute atomic E-state index is 0.0284. The number of thioether (sulfide) groups is 1. The number of aliphatic hydroxyl groups excluding tert-OH is 2. The Hall–Kier alpha value is -1.89.